The highest BCUT2D eigenvalue weighted by atomic mass is 16.6. The van der Waals surface area contributed by atoms with Gasteiger partial charge in [0.25, 0.3) is 5.69 Å². The number of aliphatic hydroxyl groups is 2. The van der Waals surface area contributed by atoms with Crippen LogP contribution in [0.1, 0.15) is 34.0 Å². The molecule has 0 saturated heterocycles. The minimum atomic E-state index is -1.38. The Hall–Kier alpha value is -2.03. The van der Waals surface area contributed by atoms with Crippen LogP contribution in [0.3, 0.4) is 0 Å². The Bertz CT molecular complexity index is 546. The van der Waals surface area contributed by atoms with E-state index in [0.717, 1.165) is 19.2 Å². The van der Waals surface area contributed by atoms with Crippen LogP contribution < -0.4 is 5.73 Å². The van der Waals surface area contributed by atoms with Gasteiger partial charge in [0.2, 0.25) is 0 Å². The lowest BCUT2D eigenvalue weighted by Gasteiger charge is -2.20. The first-order chi connectivity index (χ1) is 9.83. The molecular weight excluding hydrogens is 280 g/mol. The zero-order valence-electron chi connectivity index (χ0n) is 11.8. The van der Waals surface area contributed by atoms with Gasteiger partial charge in [-0.2, -0.15) is 0 Å². The number of nitrogens with two attached hydrogens (primary N) is 1. The molecule has 0 aromatic heterocycles. The minimum Gasteiger partial charge on any atom is -0.465 e. The summed E-state index contributed by atoms with van der Waals surface area (Å²) in [6.45, 7) is 1.67. The number of carbonyl (C=O) groups is 1. The third-order valence-corrected chi connectivity index (χ3v) is 3.19. The Balaban J connectivity index is 3.39. The molecule has 8 nitrogen and oxygen atoms in total. The molecular formula is C13H18N2O6. The van der Waals surface area contributed by atoms with Crippen molar-refractivity contribution in [3.8, 4) is 0 Å². The van der Waals surface area contributed by atoms with Gasteiger partial charge in [-0.3, -0.25) is 10.1 Å². The molecule has 1 aromatic rings. The van der Waals surface area contributed by atoms with Gasteiger partial charge in [-0.05, 0) is 31.0 Å². The average molecular weight is 298 g/mol. The number of esters is 1. The summed E-state index contributed by atoms with van der Waals surface area (Å²) in [5.74, 6) is -0.752. The first-order valence-electron chi connectivity index (χ1n) is 6.26. The van der Waals surface area contributed by atoms with Gasteiger partial charge in [0.05, 0.1) is 23.7 Å². The molecule has 0 saturated carbocycles. The normalized spacial score (nSPS) is 13.6. The van der Waals surface area contributed by atoms with E-state index in [1.165, 1.54) is 6.92 Å². The maximum absolute atomic E-state index is 11.7. The van der Waals surface area contributed by atoms with Crippen LogP contribution in [0.15, 0.2) is 12.1 Å². The van der Waals surface area contributed by atoms with E-state index in [1.54, 1.807) is 0 Å². The molecule has 0 radical (unpaired) electrons. The highest BCUT2D eigenvalue weighted by molar-refractivity contribution is 5.92. The molecule has 0 heterocycles. The number of aliphatic hydroxyl groups excluding tert-OH is 2. The van der Waals surface area contributed by atoms with Gasteiger partial charge < -0.3 is 20.7 Å². The summed E-state index contributed by atoms with van der Waals surface area (Å²) in [5.41, 5.74) is 5.33. The highest BCUT2D eigenvalue weighted by Crippen LogP contribution is 2.29. The molecule has 0 aliphatic rings. The van der Waals surface area contributed by atoms with E-state index in [2.05, 4.69) is 4.74 Å². The number of carbonyl (C=O) groups excluding carboxylic acids is 1. The van der Waals surface area contributed by atoms with Gasteiger partial charge in [-0.15, -0.1) is 0 Å². The monoisotopic (exact) mass is 298 g/mol. The fourth-order valence-electron chi connectivity index (χ4n) is 1.99. The smallest absolute Gasteiger partial charge is 0.338 e. The average Bonchev–Trinajstić information content (AvgIpc) is 2.45. The van der Waals surface area contributed by atoms with Crippen LogP contribution >= 0.6 is 0 Å². The lowest BCUT2D eigenvalue weighted by Crippen LogP contribution is -2.23. The summed E-state index contributed by atoms with van der Waals surface area (Å²) >= 11 is 0. The third-order valence-electron chi connectivity index (χ3n) is 3.19. The van der Waals surface area contributed by atoms with E-state index < -0.39 is 23.1 Å². The summed E-state index contributed by atoms with van der Waals surface area (Å²) < 4.78 is 4.57. The number of methoxy groups -OCH3 is 1. The van der Waals surface area contributed by atoms with Crippen molar-refractivity contribution in [3.63, 3.8) is 0 Å². The fraction of sp³-hybridized carbons (Fsp3) is 0.462. The van der Waals surface area contributed by atoms with Crippen molar-refractivity contribution >= 4 is 11.7 Å². The van der Waals surface area contributed by atoms with Crippen molar-refractivity contribution in [2.45, 2.75) is 25.6 Å². The Morgan fingerprint density at radius 2 is 2.10 bits per heavy atom. The second kappa shape index (κ2) is 7.11. The summed E-state index contributed by atoms with van der Waals surface area (Å²) in [7, 11) is 1.15. The largest absolute Gasteiger partial charge is 0.465 e. The number of benzene rings is 1. The molecule has 2 unspecified atom stereocenters. The van der Waals surface area contributed by atoms with Crippen molar-refractivity contribution < 1.29 is 24.7 Å². The number of rotatable bonds is 6. The fourth-order valence-corrected chi connectivity index (χ4v) is 1.99. The van der Waals surface area contributed by atoms with Crippen LogP contribution in [0.2, 0.25) is 0 Å². The van der Waals surface area contributed by atoms with Crippen LogP contribution in [-0.2, 0) is 4.74 Å². The number of hydrogen-bond donors (Lipinski definition) is 3. The quantitative estimate of drug-likeness (QED) is 0.393. The maximum atomic E-state index is 11.7. The van der Waals surface area contributed by atoms with Gasteiger partial charge in [-0.1, -0.05) is 0 Å². The first kappa shape index (κ1) is 17.0. The molecule has 0 aliphatic heterocycles. The SMILES string of the molecule is COC(=O)c1cc([N+](=O)[O-])cc(C(O)C(O)CCN)c1C. The number of nitro groups is 1. The Kier molecular flexibility index (Phi) is 5.77. The summed E-state index contributed by atoms with van der Waals surface area (Å²) in [6, 6.07) is 2.21. The number of non-ortho nitro benzene ring substituents is 1. The number of nitro benzene ring substituents is 1. The van der Waals surface area contributed by atoms with Gasteiger partial charge in [0.1, 0.15) is 6.10 Å². The van der Waals surface area contributed by atoms with Crippen molar-refractivity contribution in [1.29, 1.82) is 0 Å². The molecule has 8 heteroatoms. The third kappa shape index (κ3) is 3.75. The molecule has 1 rings (SSSR count). The van der Waals surface area contributed by atoms with Crippen LogP contribution in [0.4, 0.5) is 5.69 Å². The van der Waals surface area contributed by atoms with E-state index >= 15 is 0 Å². The number of hydrogen-bond acceptors (Lipinski definition) is 7. The van der Waals surface area contributed by atoms with Gasteiger partial charge >= 0.3 is 5.97 Å². The minimum absolute atomic E-state index is 0.0271. The second-order valence-electron chi connectivity index (χ2n) is 4.55. The Morgan fingerprint density at radius 1 is 1.48 bits per heavy atom. The Morgan fingerprint density at radius 3 is 2.57 bits per heavy atom. The van der Waals surface area contributed by atoms with Crippen molar-refractivity contribution in [3.05, 3.63) is 38.9 Å². The standard InChI is InChI=1S/C13H18N2O6/c1-7-9(12(17)11(16)3-4-14)5-8(15(19)20)6-10(7)13(18)21-2/h5-6,11-12,16-17H,3-4,14H2,1-2H3. The summed E-state index contributed by atoms with van der Waals surface area (Å²) in [5, 5.41) is 30.8. The van der Waals surface area contributed by atoms with Crippen LogP contribution in [0.5, 0.6) is 0 Å². The van der Waals surface area contributed by atoms with E-state index in [0.29, 0.717) is 5.56 Å². The van der Waals surface area contributed by atoms with E-state index in [1.807, 2.05) is 0 Å². The summed E-state index contributed by atoms with van der Waals surface area (Å²) in [6.07, 6.45) is -2.44. The molecule has 1 aromatic carbocycles. The summed E-state index contributed by atoms with van der Waals surface area (Å²) in [4.78, 5) is 21.9. The second-order valence-corrected chi connectivity index (χ2v) is 4.55. The van der Waals surface area contributed by atoms with Crippen molar-refractivity contribution in [2.75, 3.05) is 13.7 Å². The predicted molar refractivity (Wildman–Crippen MR) is 73.8 cm³/mol. The highest BCUT2D eigenvalue weighted by Gasteiger charge is 2.26. The number of ether oxygens (including phenoxy) is 1. The van der Waals surface area contributed by atoms with Crippen molar-refractivity contribution in [1.82, 2.24) is 0 Å². The van der Waals surface area contributed by atoms with Crippen LogP contribution in [0, 0.1) is 17.0 Å². The van der Waals surface area contributed by atoms with E-state index in [-0.39, 0.29) is 29.8 Å². The molecule has 0 bridgehead atoms. The van der Waals surface area contributed by atoms with Gasteiger partial charge in [0.15, 0.2) is 0 Å². The molecule has 116 valence electrons. The molecule has 0 aliphatic carbocycles. The molecule has 4 N–H and O–H groups in total. The lowest BCUT2D eigenvalue weighted by molar-refractivity contribution is -0.385. The van der Waals surface area contributed by atoms with E-state index in [9.17, 15) is 25.1 Å². The molecule has 2 atom stereocenters. The molecule has 0 amide bonds. The van der Waals surface area contributed by atoms with Crippen LogP contribution in [0.25, 0.3) is 0 Å². The topological polar surface area (TPSA) is 136 Å². The maximum Gasteiger partial charge on any atom is 0.338 e. The van der Waals surface area contributed by atoms with Gasteiger partial charge in [-0.25, -0.2) is 4.79 Å². The lowest BCUT2D eigenvalue weighted by atomic mass is 9.93. The number of nitrogens with zero attached hydrogens (tertiary/aromatic N) is 1. The van der Waals surface area contributed by atoms with Crippen molar-refractivity contribution in [2.24, 2.45) is 5.73 Å². The molecule has 0 spiro atoms. The zero-order chi connectivity index (χ0) is 16.2. The predicted octanol–water partition coefficient (Wildman–Crippen LogP) is 0.433. The Labute approximate surface area is 121 Å². The molecule has 21 heavy (non-hydrogen) atoms. The van der Waals surface area contributed by atoms with Gasteiger partial charge in [0, 0.05) is 12.1 Å². The first-order valence-corrected chi connectivity index (χ1v) is 6.26. The zero-order valence-corrected chi connectivity index (χ0v) is 11.8. The molecule has 0 fully saturated rings. The van der Waals surface area contributed by atoms with E-state index in [4.69, 9.17) is 5.73 Å². The van der Waals surface area contributed by atoms with Crippen LogP contribution in [-0.4, -0.2) is 40.9 Å².